The number of rotatable bonds is 2. The number of fused-ring (bicyclic) bond motifs is 2. The second kappa shape index (κ2) is 7.20. The first-order valence-corrected chi connectivity index (χ1v) is 10.4. The summed E-state index contributed by atoms with van der Waals surface area (Å²) in [6.45, 7) is 0.756. The van der Waals surface area contributed by atoms with Gasteiger partial charge in [0.05, 0.1) is 24.1 Å². The van der Waals surface area contributed by atoms with Crippen LogP contribution in [0.15, 0.2) is 0 Å². The van der Waals surface area contributed by atoms with Crippen molar-refractivity contribution in [1.29, 1.82) is 0 Å². The molecule has 4 heterocycles. The minimum Gasteiger partial charge on any atom is -0.357 e. The van der Waals surface area contributed by atoms with E-state index in [1.165, 1.54) is 32.1 Å². The van der Waals surface area contributed by atoms with E-state index >= 15 is 0 Å². The zero-order chi connectivity index (χ0) is 18.4. The Morgan fingerprint density at radius 1 is 1.07 bits per heavy atom. The molecule has 4 fully saturated rings. The van der Waals surface area contributed by atoms with Crippen molar-refractivity contribution >= 4 is 5.78 Å². The maximum atomic E-state index is 13.4. The van der Waals surface area contributed by atoms with Crippen molar-refractivity contribution in [3.05, 3.63) is 5.82 Å². The number of ether oxygens (including phenoxy) is 1. The maximum absolute atomic E-state index is 13.4. The van der Waals surface area contributed by atoms with Gasteiger partial charge in [-0.1, -0.05) is 24.5 Å². The van der Waals surface area contributed by atoms with Crippen molar-refractivity contribution in [2.24, 2.45) is 23.5 Å². The summed E-state index contributed by atoms with van der Waals surface area (Å²) in [5.41, 5.74) is 6.27. The molecular weight excluding hydrogens is 346 g/mol. The standard InChI is InChI=1S/C18H29N7O2/c19-16-12(17-22-24-25-23-17)6-11-15(26)10-7-13(9-4-2-1-3-5-9)20-8-14(10)27-18(11)21-16/h9-14,16,18,20-21H,1-8,19H2,(H,22,23,24,25). The van der Waals surface area contributed by atoms with Crippen LogP contribution in [0.1, 0.15) is 56.7 Å². The molecule has 5 N–H and O–H groups in total. The second-order valence-corrected chi connectivity index (χ2v) is 8.66. The lowest BCUT2D eigenvalue weighted by Gasteiger charge is -2.50. The summed E-state index contributed by atoms with van der Waals surface area (Å²) in [6.07, 6.45) is 7.35. The molecule has 9 heteroatoms. The fraction of sp³-hybridized carbons (Fsp3) is 0.889. The number of hydrogen-bond acceptors (Lipinski definition) is 8. The second-order valence-electron chi connectivity index (χ2n) is 8.66. The third-order valence-electron chi connectivity index (χ3n) is 7.17. The lowest BCUT2D eigenvalue weighted by Crippen LogP contribution is -2.66. The van der Waals surface area contributed by atoms with Crippen molar-refractivity contribution in [2.45, 2.75) is 75.4 Å². The topological polar surface area (TPSA) is 131 Å². The number of hydrogen-bond donors (Lipinski definition) is 4. The Balaban J connectivity index is 1.31. The number of tetrazole rings is 1. The van der Waals surface area contributed by atoms with Gasteiger partial charge in [-0.05, 0) is 31.6 Å². The molecule has 1 aromatic heterocycles. The van der Waals surface area contributed by atoms with Crippen molar-refractivity contribution in [3.63, 3.8) is 0 Å². The number of H-pyrrole nitrogens is 1. The molecule has 5 rings (SSSR count). The first kappa shape index (κ1) is 17.7. The van der Waals surface area contributed by atoms with Gasteiger partial charge >= 0.3 is 0 Å². The van der Waals surface area contributed by atoms with Gasteiger partial charge in [-0.3, -0.25) is 10.1 Å². The summed E-state index contributed by atoms with van der Waals surface area (Å²) in [7, 11) is 0. The van der Waals surface area contributed by atoms with Gasteiger partial charge < -0.3 is 15.8 Å². The van der Waals surface area contributed by atoms with Crippen LogP contribution < -0.4 is 16.4 Å². The van der Waals surface area contributed by atoms with Crippen molar-refractivity contribution < 1.29 is 9.53 Å². The van der Waals surface area contributed by atoms with E-state index in [4.69, 9.17) is 10.5 Å². The Morgan fingerprint density at radius 2 is 1.93 bits per heavy atom. The van der Waals surface area contributed by atoms with Gasteiger partial charge in [0.15, 0.2) is 5.82 Å². The first-order valence-electron chi connectivity index (χ1n) is 10.4. The highest BCUT2D eigenvalue weighted by molar-refractivity contribution is 5.85. The van der Waals surface area contributed by atoms with E-state index in [1.54, 1.807) is 0 Å². The van der Waals surface area contributed by atoms with Crippen LogP contribution in [0.4, 0.5) is 0 Å². The number of nitrogens with two attached hydrogens (primary N) is 1. The van der Waals surface area contributed by atoms with Crippen LogP contribution in [-0.2, 0) is 9.53 Å². The van der Waals surface area contributed by atoms with E-state index in [-0.39, 0.29) is 36.3 Å². The molecule has 7 unspecified atom stereocenters. The minimum absolute atomic E-state index is 0.0125. The number of carbonyl (C=O) groups excluding carboxylic acids is 1. The predicted octanol–water partition coefficient (Wildman–Crippen LogP) is 0.0300. The Hall–Kier alpha value is -1.42. The van der Waals surface area contributed by atoms with Gasteiger partial charge in [0.25, 0.3) is 0 Å². The smallest absolute Gasteiger partial charge is 0.180 e. The number of aromatic nitrogens is 4. The molecule has 148 valence electrons. The van der Waals surface area contributed by atoms with Gasteiger partial charge in [0, 0.05) is 18.5 Å². The monoisotopic (exact) mass is 375 g/mol. The van der Waals surface area contributed by atoms with E-state index in [9.17, 15) is 4.79 Å². The van der Waals surface area contributed by atoms with Crippen LogP contribution in [0.2, 0.25) is 0 Å². The van der Waals surface area contributed by atoms with E-state index in [0.29, 0.717) is 30.0 Å². The molecule has 0 radical (unpaired) electrons. The number of carbonyl (C=O) groups is 1. The SMILES string of the molecule is NC1NC2OC3CNC(C4CCCCC4)CC3C(=O)C2CC1c1nn[nH]n1. The van der Waals surface area contributed by atoms with Crippen molar-refractivity contribution in [3.8, 4) is 0 Å². The maximum Gasteiger partial charge on any atom is 0.180 e. The summed E-state index contributed by atoms with van der Waals surface area (Å²) in [5.74, 6) is 1.25. The third kappa shape index (κ3) is 3.20. The van der Waals surface area contributed by atoms with Crippen LogP contribution in [0.3, 0.4) is 0 Å². The highest BCUT2D eigenvalue weighted by atomic mass is 16.5. The van der Waals surface area contributed by atoms with E-state index in [1.807, 2.05) is 0 Å². The molecule has 0 spiro atoms. The molecular formula is C18H29N7O2. The third-order valence-corrected chi connectivity index (χ3v) is 7.17. The van der Waals surface area contributed by atoms with Gasteiger partial charge in [0.1, 0.15) is 12.0 Å². The number of nitrogens with one attached hydrogen (secondary N) is 3. The van der Waals surface area contributed by atoms with Gasteiger partial charge in [-0.25, -0.2) is 0 Å². The summed E-state index contributed by atoms with van der Waals surface area (Å²) in [6, 6.07) is 0.447. The normalized spacial score (nSPS) is 43.1. The largest absolute Gasteiger partial charge is 0.357 e. The molecule has 1 saturated carbocycles. The zero-order valence-corrected chi connectivity index (χ0v) is 15.5. The average molecular weight is 375 g/mol. The molecule has 0 amide bonds. The van der Waals surface area contributed by atoms with Crippen molar-refractivity contribution in [2.75, 3.05) is 6.54 Å². The quantitative estimate of drug-likeness (QED) is 0.569. The Labute approximate surface area is 158 Å². The van der Waals surface area contributed by atoms with Crippen LogP contribution in [0.25, 0.3) is 0 Å². The van der Waals surface area contributed by atoms with Gasteiger partial charge in [-0.2, -0.15) is 5.21 Å². The first-order chi connectivity index (χ1) is 13.2. The minimum atomic E-state index is -0.347. The lowest BCUT2D eigenvalue weighted by atomic mass is 9.71. The fourth-order valence-electron chi connectivity index (χ4n) is 5.68. The lowest BCUT2D eigenvalue weighted by molar-refractivity contribution is -0.176. The van der Waals surface area contributed by atoms with E-state index in [0.717, 1.165) is 13.0 Å². The van der Waals surface area contributed by atoms with Gasteiger partial charge in [-0.15, -0.1) is 10.2 Å². The Kier molecular flexibility index (Phi) is 4.71. The number of Topliss-reactive ketones (excluding diaryl/α,β-unsaturated/α-hetero) is 1. The molecule has 0 aromatic carbocycles. The summed E-state index contributed by atoms with van der Waals surface area (Å²) >= 11 is 0. The average Bonchev–Trinajstić information content (AvgIpc) is 3.23. The summed E-state index contributed by atoms with van der Waals surface area (Å²) < 4.78 is 6.30. The van der Waals surface area contributed by atoms with E-state index < -0.39 is 0 Å². The molecule has 7 atom stereocenters. The molecule has 3 saturated heterocycles. The molecule has 3 aliphatic heterocycles. The van der Waals surface area contributed by atoms with Gasteiger partial charge in [0.2, 0.25) is 0 Å². The number of aromatic amines is 1. The number of nitrogens with zero attached hydrogens (tertiary/aromatic N) is 3. The highest BCUT2D eigenvalue weighted by Crippen LogP contribution is 2.41. The Morgan fingerprint density at radius 3 is 2.70 bits per heavy atom. The number of ketones is 1. The van der Waals surface area contributed by atoms with Crippen LogP contribution in [0, 0.1) is 17.8 Å². The predicted molar refractivity (Wildman–Crippen MR) is 96.3 cm³/mol. The molecule has 0 bridgehead atoms. The summed E-state index contributed by atoms with van der Waals surface area (Å²) in [4.78, 5) is 13.4. The zero-order valence-electron chi connectivity index (χ0n) is 15.5. The fourth-order valence-corrected chi connectivity index (χ4v) is 5.68. The molecule has 27 heavy (non-hydrogen) atoms. The summed E-state index contributed by atoms with van der Waals surface area (Å²) in [5, 5.41) is 21.2. The van der Waals surface area contributed by atoms with Crippen LogP contribution in [0.5, 0.6) is 0 Å². The highest BCUT2D eigenvalue weighted by Gasteiger charge is 2.51. The Bertz CT molecular complexity index is 663. The molecule has 1 aliphatic carbocycles. The van der Waals surface area contributed by atoms with E-state index in [2.05, 4.69) is 31.3 Å². The molecule has 1 aromatic rings. The van der Waals surface area contributed by atoms with Crippen molar-refractivity contribution in [1.82, 2.24) is 31.3 Å². The molecule has 9 nitrogen and oxygen atoms in total. The molecule has 4 aliphatic rings. The van der Waals surface area contributed by atoms with Crippen LogP contribution >= 0.6 is 0 Å². The van der Waals surface area contributed by atoms with Crippen LogP contribution in [-0.4, -0.2) is 57.5 Å². The number of piperidine rings is 2.